The highest BCUT2D eigenvalue weighted by Gasteiger charge is 2.14. The molecule has 24 heavy (non-hydrogen) atoms. The largest absolute Gasteiger partial charge is 0.491 e. The van der Waals surface area contributed by atoms with Crippen LogP contribution in [0.2, 0.25) is 10.0 Å². The zero-order chi connectivity index (χ0) is 17.7. The molecule has 0 heterocycles. The fraction of sp³-hybridized carbons (Fsp3) is 0.176. The number of carbonyl (C=O) groups is 2. The van der Waals surface area contributed by atoms with Crippen LogP contribution in [0.4, 0.5) is 5.69 Å². The van der Waals surface area contributed by atoms with Gasteiger partial charge in [-0.25, -0.2) is 0 Å². The van der Waals surface area contributed by atoms with Crippen LogP contribution >= 0.6 is 23.2 Å². The Bertz CT molecular complexity index is 737. The maximum atomic E-state index is 12.3. The summed E-state index contributed by atoms with van der Waals surface area (Å²) in [5.41, 5.74) is 0.842. The van der Waals surface area contributed by atoms with Gasteiger partial charge in [0, 0.05) is 18.2 Å². The average Bonchev–Trinajstić information content (AvgIpc) is 2.52. The van der Waals surface area contributed by atoms with Gasteiger partial charge >= 0.3 is 5.97 Å². The predicted molar refractivity (Wildman–Crippen MR) is 93.3 cm³/mol. The number of hydrogen-bond acceptors (Lipinski definition) is 4. The first-order chi connectivity index (χ1) is 11.4. The highest BCUT2D eigenvalue weighted by molar-refractivity contribution is 6.37. The Balaban J connectivity index is 2.13. The zero-order valence-electron chi connectivity index (χ0n) is 13.1. The van der Waals surface area contributed by atoms with E-state index in [-0.39, 0.29) is 16.0 Å². The van der Waals surface area contributed by atoms with Crippen molar-refractivity contribution in [3.63, 3.8) is 0 Å². The fourth-order valence-corrected chi connectivity index (χ4v) is 2.54. The second-order valence-electron chi connectivity index (χ2n) is 4.77. The molecule has 2 rings (SSSR count). The number of ether oxygens (including phenoxy) is 2. The van der Waals surface area contributed by atoms with Gasteiger partial charge in [-0.2, -0.15) is 0 Å². The quantitative estimate of drug-likeness (QED) is 0.620. The molecule has 0 radical (unpaired) electrons. The second kappa shape index (κ2) is 8.04. The van der Waals surface area contributed by atoms with Crippen LogP contribution in [0, 0.1) is 0 Å². The Morgan fingerprint density at radius 1 is 1.08 bits per heavy atom. The molecule has 0 atom stereocenters. The standard InChI is InChI=1S/C17H15Cl2NO4/c1-3-23-16-14(18)8-11(9-15(16)19)17(22)20-12-4-6-13(7-5-12)24-10(2)21/h4-9H,3H2,1-2H3,(H,20,22). The lowest BCUT2D eigenvalue weighted by Gasteiger charge is -2.11. The van der Waals surface area contributed by atoms with Crippen LogP contribution in [-0.2, 0) is 4.79 Å². The van der Waals surface area contributed by atoms with Crippen molar-refractivity contribution in [3.8, 4) is 11.5 Å². The average molecular weight is 368 g/mol. The normalized spacial score (nSPS) is 10.2. The molecule has 0 aliphatic carbocycles. The molecule has 5 nitrogen and oxygen atoms in total. The third kappa shape index (κ3) is 4.63. The van der Waals surface area contributed by atoms with E-state index in [0.29, 0.717) is 29.4 Å². The topological polar surface area (TPSA) is 64.6 Å². The molecule has 0 aliphatic rings. The summed E-state index contributed by atoms with van der Waals surface area (Å²) in [6, 6.07) is 9.37. The number of hydrogen-bond donors (Lipinski definition) is 1. The minimum Gasteiger partial charge on any atom is -0.491 e. The van der Waals surface area contributed by atoms with Crippen molar-refractivity contribution in [1.29, 1.82) is 0 Å². The summed E-state index contributed by atoms with van der Waals surface area (Å²) in [6.07, 6.45) is 0. The third-order valence-electron chi connectivity index (χ3n) is 2.92. The van der Waals surface area contributed by atoms with Crippen molar-refractivity contribution in [2.24, 2.45) is 0 Å². The van der Waals surface area contributed by atoms with Crippen LogP contribution in [0.15, 0.2) is 36.4 Å². The molecule has 0 bridgehead atoms. The Morgan fingerprint density at radius 3 is 2.17 bits per heavy atom. The zero-order valence-corrected chi connectivity index (χ0v) is 14.6. The van der Waals surface area contributed by atoms with Crippen molar-refractivity contribution in [2.75, 3.05) is 11.9 Å². The van der Waals surface area contributed by atoms with Crippen molar-refractivity contribution in [1.82, 2.24) is 0 Å². The molecule has 0 fully saturated rings. The van der Waals surface area contributed by atoms with Crippen molar-refractivity contribution >= 4 is 40.8 Å². The lowest BCUT2D eigenvalue weighted by atomic mass is 10.2. The van der Waals surface area contributed by atoms with Crippen LogP contribution in [0.25, 0.3) is 0 Å². The summed E-state index contributed by atoms with van der Waals surface area (Å²) in [6.45, 7) is 3.54. The number of esters is 1. The summed E-state index contributed by atoms with van der Waals surface area (Å²) in [7, 11) is 0. The number of benzene rings is 2. The molecule has 0 saturated heterocycles. The minimum atomic E-state index is -0.412. The maximum absolute atomic E-state index is 12.3. The Hall–Kier alpha value is -2.24. The number of nitrogens with one attached hydrogen (secondary N) is 1. The monoisotopic (exact) mass is 367 g/mol. The first kappa shape index (κ1) is 18.1. The molecule has 126 valence electrons. The van der Waals surface area contributed by atoms with Gasteiger partial charge in [0.2, 0.25) is 0 Å². The molecule has 0 aromatic heterocycles. The number of anilines is 1. The van der Waals surface area contributed by atoms with Crippen LogP contribution in [0.1, 0.15) is 24.2 Å². The second-order valence-corrected chi connectivity index (χ2v) is 5.59. The molecule has 0 unspecified atom stereocenters. The van der Waals surface area contributed by atoms with Gasteiger partial charge in [0.25, 0.3) is 5.91 Å². The summed E-state index contributed by atoms with van der Waals surface area (Å²) in [4.78, 5) is 23.2. The van der Waals surface area contributed by atoms with Crippen molar-refractivity contribution in [3.05, 3.63) is 52.0 Å². The molecule has 1 N–H and O–H groups in total. The van der Waals surface area contributed by atoms with Gasteiger partial charge in [-0.1, -0.05) is 23.2 Å². The molecule has 0 saturated carbocycles. The first-order valence-corrected chi connectivity index (χ1v) is 7.88. The summed E-state index contributed by atoms with van der Waals surface area (Å²) in [5, 5.41) is 3.23. The molecule has 1 amide bonds. The van der Waals surface area contributed by atoms with Crippen LogP contribution in [0.5, 0.6) is 11.5 Å². The SMILES string of the molecule is CCOc1c(Cl)cc(C(=O)Nc2ccc(OC(C)=O)cc2)cc1Cl. The van der Waals surface area contributed by atoms with Crippen LogP contribution in [0.3, 0.4) is 0 Å². The lowest BCUT2D eigenvalue weighted by molar-refractivity contribution is -0.131. The van der Waals surface area contributed by atoms with Gasteiger partial charge in [0.1, 0.15) is 5.75 Å². The van der Waals surface area contributed by atoms with E-state index in [1.54, 1.807) is 24.3 Å². The van der Waals surface area contributed by atoms with Gasteiger partial charge in [-0.3, -0.25) is 9.59 Å². The molecule has 7 heteroatoms. The van der Waals surface area contributed by atoms with Gasteiger partial charge in [0.15, 0.2) is 5.75 Å². The number of halogens is 2. The van der Waals surface area contributed by atoms with Gasteiger partial charge in [-0.05, 0) is 43.3 Å². The molecule has 0 aliphatic heterocycles. The maximum Gasteiger partial charge on any atom is 0.308 e. The lowest BCUT2D eigenvalue weighted by Crippen LogP contribution is -2.12. The summed E-state index contributed by atoms with van der Waals surface area (Å²) >= 11 is 12.2. The van der Waals surface area contributed by atoms with Crippen molar-refractivity contribution < 1.29 is 19.1 Å². The Labute approximate surface area is 149 Å². The highest BCUT2D eigenvalue weighted by Crippen LogP contribution is 2.34. The van der Waals surface area contributed by atoms with Crippen molar-refractivity contribution in [2.45, 2.75) is 13.8 Å². The van der Waals surface area contributed by atoms with E-state index in [0.717, 1.165) is 0 Å². The Morgan fingerprint density at radius 2 is 1.67 bits per heavy atom. The molecular weight excluding hydrogens is 353 g/mol. The summed E-state index contributed by atoms with van der Waals surface area (Å²) in [5.74, 6) is -0.0386. The van der Waals surface area contributed by atoms with E-state index in [1.165, 1.54) is 19.1 Å². The molecule has 2 aromatic rings. The number of amides is 1. The predicted octanol–water partition coefficient (Wildman–Crippen LogP) is 4.57. The molecule has 0 spiro atoms. The fourth-order valence-electron chi connectivity index (χ4n) is 1.95. The highest BCUT2D eigenvalue weighted by atomic mass is 35.5. The van der Waals surface area contributed by atoms with Crippen LogP contribution < -0.4 is 14.8 Å². The van der Waals surface area contributed by atoms with Crippen LogP contribution in [-0.4, -0.2) is 18.5 Å². The van der Waals surface area contributed by atoms with Gasteiger partial charge < -0.3 is 14.8 Å². The summed E-state index contributed by atoms with van der Waals surface area (Å²) < 4.78 is 10.3. The first-order valence-electron chi connectivity index (χ1n) is 7.12. The van der Waals surface area contributed by atoms with E-state index in [9.17, 15) is 9.59 Å². The smallest absolute Gasteiger partial charge is 0.308 e. The third-order valence-corrected chi connectivity index (χ3v) is 3.48. The number of carbonyl (C=O) groups excluding carboxylic acids is 2. The van der Waals surface area contributed by atoms with Gasteiger partial charge in [-0.15, -0.1) is 0 Å². The van der Waals surface area contributed by atoms with E-state index in [1.807, 2.05) is 6.92 Å². The molecule has 2 aromatic carbocycles. The van der Waals surface area contributed by atoms with Gasteiger partial charge in [0.05, 0.1) is 16.7 Å². The number of rotatable bonds is 5. The minimum absolute atomic E-state index is 0.264. The Kier molecular flexibility index (Phi) is 6.06. The van der Waals surface area contributed by atoms with E-state index in [4.69, 9.17) is 32.7 Å². The van der Waals surface area contributed by atoms with E-state index < -0.39 is 5.97 Å². The van der Waals surface area contributed by atoms with E-state index in [2.05, 4.69) is 5.32 Å². The van der Waals surface area contributed by atoms with E-state index >= 15 is 0 Å². The molecular formula is C17H15Cl2NO4.